The quantitative estimate of drug-likeness (QED) is 0.304. The Balaban J connectivity index is 1.47. The zero-order chi connectivity index (χ0) is 27.7. The number of nitrogens with one attached hydrogen (secondary N) is 1. The fourth-order valence-electron chi connectivity index (χ4n) is 4.67. The number of halogens is 4. The molecule has 0 unspecified atom stereocenters. The van der Waals surface area contributed by atoms with Gasteiger partial charge >= 0.3 is 6.55 Å². The van der Waals surface area contributed by atoms with Crippen LogP contribution in [-0.4, -0.2) is 55.0 Å². The summed E-state index contributed by atoms with van der Waals surface area (Å²) in [6, 6.07) is 8.39. The summed E-state index contributed by atoms with van der Waals surface area (Å²) in [5.74, 6) is -0.454. The number of amides is 1. The Labute approximate surface area is 226 Å². The van der Waals surface area contributed by atoms with Crippen LogP contribution in [0.5, 0.6) is 0 Å². The van der Waals surface area contributed by atoms with Crippen LogP contribution in [0.1, 0.15) is 28.2 Å². The summed E-state index contributed by atoms with van der Waals surface area (Å²) in [5, 5.41) is 16.4. The summed E-state index contributed by atoms with van der Waals surface area (Å²) in [4.78, 5) is 19.4. The maximum absolute atomic E-state index is 14.0. The summed E-state index contributed by atoms with van der Waals surface area (Å²) in [5.41, 5.74) is 2.57. The lowest BCUT2D eigenvalue weighted by atomic mass is 10.0. The number of carbonyl (C=O) groups is 1. The average molecular weight is 561 g/mol. The first-order chi connectivity index (χ1) is 18.8. The first-order valence-corrected chi connectivity index (χ1v) is 12.3. The van der Waals surface area contributed by atoms with Crippen LogP contribution in [0.4, 0.5) is 24.8 Å². The minimum Gasteiger partial charge on any atom is -0.392 e. The van der Waals surface area contributed by atoms with Gasteiger partial charge in [-0.15, -0.1) is 0 Å². The number of hydrogen-bond donors (Lipinski definition) is 2. The van der Waals surface area contributed by atoms with Gasteiger partial charge in [-0.05, 0) is 35.4 Å². The number of fused-ring (bicyclic) bond motifs is 1. The number of anilines is 2. The number of aromatic nitrogens is 4. The summed E-state index contributed by atoms with van der Waals surface area (Å²) in [6.07, 6.45) is 4.42. The monoisotopic (exact) mass is 560 g/mol. The Kier molecular flexibility index (Phi) is 7.60. The van der Waals surface area contributed by atoms with E-state index in [9.17, 15) is 23.1 Å². The smallest absolute Gasteiger partial charge is 0.335 e. The van der Waals surface area contributed by atoms with Gasteiger partial charge in [0.1, 0.15) is 23.1 Å². The Hall–Kier alpha value is -3.87. The van der Waals surface area contributed by atoms with Crippen LogP contribution in [0, 0.1) is 5.82 Å². The molecule has 13 heteroatoms. The predicted molar refractivity (Wildman–Crippen MR) is 137 cm³/mol. The number of pyridine rings is 1. The van der Waals surface area contributed by atoms with E-state index in [0.717, 1.165) is 0 Å². The third-order valence-electron chi connectivity index (χ3n) is 6.54. The molecule has 0 spiro atoms. The third kappa shape index (κ3) is 5.35. The molecule has 0 aliphatic carbocycles. The van der Waals surface area contributed by atoms with Gasteiger partial charge in [-0.3, -0.25) is 4.79 Å². The van der Waals surface area contributed by atoms with Crippen molar-refractivity contribution in [3.8, 4) is 11.1 Å². The van der Waals surface area contributed by atoms with Gasteiger partial charge in [-0.1, -0.05) is 17.7 Å². The molecule has 4 heterocycles. The first-order valence-electron chi connectivity index (χ1n) is 11.9. The summed E-state index contributed by atoms with van der Waals surface area (Å²) < 4.78 is 48.1. The highest BCUT2D eigenvalue weighted by molar-refractivity contribution is 6.33. The molecule has 2 N–H and O–H groups in total. The van der Waals surface area contributed by atoms with E-state index < -0.39 is 12.4 Å². The fourth-order valence-corrected chi connectivity index (χ4v) is 4.88. The Morgan fingerprint density at radius 3 is 2.79 bits per heavy atom. The third-order valence-corrected chi connectivity index (χ3v) is 6.84. The number of benzene rings is 1. The van der Waals surface area contributed by atoms with Crippen LogP contribution in [0.25, 0.3) is 11.1 Å². The number of nitrogens with zero attached hydrogens (tertiary/aromatic N) is 5. The van der Waals surface area contributed by atoms with Crippen molar-refractivity contribution in [1.29, 1.82) is 0 Å². The molecule has 4 aromatic rings. The second-order valence-corrected chi connectivity index (χ2v) is 9.40. The molecule has 0 bridgehead atoms. The lowest BCUT2D eigenvalue weighted by Gasteiger charge is -2.36. The summed E-state index contributed by atoms with van der Waals surface area (Å²) in [6.45, 7) is -2.39. The number of rotatable bonds is 9. The molecule has 5 rings (SSSR count). The molecule has 1 aromatic carbocycles. The minimum absolute atomic E-state index is 0.0507. The van der Waals surface area contributed by atoms with E-state index in [2.05, 4.69) is 15.4 Å². The number of aliphatic hydroxyl groups is 1. The molecule has 9 nitrogen and oxygen atoms in total. The normalized spacial score (nSPS) is 15.2. The van der Waals surface area contributed by atoms with Crippen molar-refractivity contribution in [3.63, 3.8) is 0 Å². The average Bonchev–Trinajstić information content (AvgIpc) is 3.55. The number of carbonyl (C=O) groups excluding carboxylic acids is 1. The number of ether oxygens (including phenoxy) is 1. The van der Waals surface area contributed by atoms with Gasteiger partial charge in [0.05, 0.1) is 30.5 Å². The molecule has 1 aliphatic rings. The van der Waals surface area contributed by atoms with Crippen molar-refractivity contribution in [3.05, 3.63) is 82.6 Å². The molecule has 0 radical (unpaired) electrons. The molecule has 1 amide bonds. The van der Waals surface area contributed by atoms with Gasteiger partial charge in [-0.2, -0.15) is 18.6 Å². The number of hydrogen-bond acceptors (Lipinski definition) is 6. The van der Waals surface area contributed by atoms with Gasteiger partial charge < -0.3 is 24.6 Å². The van der Waals surface area contributed by atoms with Crippen molar-refractivity contribution in [2.75, 3.05) is 19.0 Å². The van der Waals surface area contributed by atoms with Crippen molar-refractivity contribution >= 4 is 29.1 Å². The standard InChI is InChI=1S/C26H24ClF3N6O3/c1-39-14-19-12-34-10-17(7-22(34)25(38)35(19)11-16-6-18(28)3-2-15(16)13-37)20-8-23(31-9-21(20)27)33-24-4-5-32-36(24)26(29)30/h2-10,19,26,37H,11-14H2,1H3,(H,31,33)/t19-/m1/s1. The molecule has 39 heavy (non-hydrogen) atoms. The number of alkyl halides is 2. The molecule has 1 aliphatic heterocycles. The number of aliphatic hydroxyl groups excluding tert-OH is 1. The van der Waals surface area contributed by atoms with E-state index in [-0.39, 0.29) is 43.3 Å². The van der Waals surface area contributed by atoms with Gasteiger partial charge in [0.2, 0.25) is 0 Å². The van der Waals surface area contributed by atoms with E-state index in [0.29, 0.717) is 44.2 Å². The van der Waals surface area contributed by atoms with E-state index in [1.54, 1.807) is 27.8 Å². The summed E-state index contributed by atoms with van der Waals surface area (Å²) >= 11 is 6.45. The van der Waals surface area contributed by atoms with Crippen LogP contribution in [0.2, 0.25) is 5.02 Å². The van der Waals surface area contributed by atoms with E-state index in [1.807, 2.05) is 0 Å². The highest BCUT2D eigenvalue weighted by atomic mass is 35.5. The van der Waals surface area contributed by atoms with Gasteiger partial charge in [0.15, 0.2) is 0 Å². The van der Waals surface area contributed by atoms with Crippen LogP contribution < -0.4 is 5.32 Å². The van der Waals surface area contributed by atoms with Crippen LogP contribution in [-0.2, 0) is 24.4 Å². The highest BCUT2D eigenvalue weighted by Gasteiger charge is 2.34. The Bertz CT molecular complexity index is 1510. The Morgan fingerprint density at radius 2 is 2.05 bits per heavy atom. The SMILES string of the molecule is COC[C@H]1Cn2cc(-c3cc(Nc4ccnn4C(F)F)ncc3Cl)cc2C(=O)N1Cc1cc(F)ccc1CO. The van der Waals surface area contributed by atoms with Gasteiger partial charge in [0, 0.05) is 49.8 Å². The molecular weight excluding hydrogens is 537 g/mol. The van der Waals surface area contributed by atoms with E-state index in [1.165, 1.54) is 43.8 Å². The minimum atomic E-state index is -2.83. The van der Waals surface area contributed by atoms with Gasteiger partial charge in [0.25, 0.3) is 5.91 Å². The molecule has 0 saturated heterocycles. The lowest BCUT2D eigenvalue weighted by Crippen LogP contribution is -2.49. The zero-order valence-corrected chi connectivity index (χ0v) is 21.4. The molecule has 0 fully saturated rings. The first kappa shape index (κ1) is 26.7. The second kappa shape index (κ2) is 11.1. The van der Waals surface area contributed by atoms with Crippen molar-refractivity contribution < 1.29 is 27.8 Å². The van der Waals surface area contributed by atoms with Crippen molar-refractivity contribution in [1.82, 2.24) is 24.2 Å². The maximum atomic E-state index is 14.0. The van der Waals surface area contributed by atoms with Gasteiger partial charge in [-0.25, -0.2) is 9.37 Å². The van der Waals surface area contributed by atoms with E-state index >= 15 is 0 Å². The largest absolute Gasteiger partial charge is 0.392 e. The molecule has 0 saturated carbocycles. The van der Waals surface area contributed by atoms with Crippen LogP contribution in [0.3, 0.4) is 0 Å². The Morgan fingerprint density at radius 1 is 1.23 bits per heavy atom. The second-order valence-electron chi connectivity index (χ2n) is 8.99. The lowest BCUT2D eigenvalue weighted by molar-refractivity contribution is 0.0386. The number of methoxy groups -OCH3 is 1. The zero-order valence-electron chi connectivity index (χ0n) is 20.7. The predicted octanol–water partition coefficient (Wildman–Crippen LogP) is 4.84. The molecule has 204 valence electrons. The van der Waals surface area contributed by atoms with Crippen molar-refractivity contribution in [2.24, 2.45) is 0 Å². The van der Waals surface area contributed by atoms with Crippen molar-refractivity contribution in [2.45, 2.75) is 32.3 Å². The van der Waals surface area contributed by atoms with Crippen LogP contribution >= 0.6 is 11.6 Å². The molecule has 3 aromatic heterocycles. The fraction of sp³-hybridized carbons (Fsp3) is 0.269. The molecular formula is C26H24ClF3N6O3. The van der Waals surface area contributed by atoms with E-state index in [4.69, 9.17) is 16.3 Å². The highest BCUT2D eigenvalue weighted by Crippen LogP contribution is 2.34. The van der Waals surface area contributed by atoms with Crippen LogP contribution in [0.15, 0.2) is 55.0 Å². The topological polar surface area (TPSA) is 97.4 Å². The summed E-state index contributed by atoms with van der Waals surface area (Å²) in [7, 11) is 1.53. The maximum Gasteiger partial charge on any atom is 0.335 e. The molecule has 1 atom stereocenters.